The lowest BCUT2D eigenvalue weighted by Gasteiger charge is -2.39. The highest BCUT2D eigenvalue weighted by Crippen LogP contribution is 2.43. The third kappa shape index (κ3) is 5.86. The second-order valence-corrected chi connectivity index (χ2v) is 12.0. The van der Waals surface area contributed by atoms with Gasteiger partial charge in [0.25, 0.3) is 0 Å². The standard InChI is InChI=1S/C41H37FN2O/c42-38-23-20-31(21-24-38)26-33-12-10-11-13-34(33)29-45-28-32-22-25-39-40(27-32)44(30-43-39)41(35-14-4-1-5-15-35,36-16-6-2-7-17-36)37-18-8-3-9-19-37/h1-21,23-24,30,32H,22,25-29H2. The van der Waals surface area contributed by atoms with Crippen LogP contribution < -0.4 is 0 Å². The molecule has 1 aliphatic carbocycles. The van der Waals surface area contributed by atoms with Gasteiger partial charge in [0.1, 0.15) is 11.4 Å². The molecular formula is C41H37FN2O. The Balaban J connectivity index is 1.17. The second-order valence-electron chi connectivity index (χ2n) is 12.0. The number of rotatable bonds is 10. The molecule has 0 amide bonds. The summed E-state index contributed by atoms with van der Waals surface area (Å²) in [6.07, 6.45) is 5.71. The largest absolute Gasteiger partial charge is 0.376 e. The van der Waals surface area contributed by atoms with Crippen molar-refractivity contribution in [3.05, 3.63) is 196 Å². The summed E-state index contributed by atoms with van der Waals surface area (Å²) >= 11 is 0. The fourth-order valence-electron chi connectivity index (χ4n) is 6.97. The van der Waals surface area contributed by atoms with Gasteiger partial charge in [0.05, 0.1) is 25.2 Å². The van der Waals surface area contributed by atoms with Crippen LogP contribution in [0.4, 0.5) is 4.39 Å². The number of aryl methyl sites for hydroxylation is 1. The SMILES string of the molecule is Fc1ccc(Cc2ccccc2COCC2CCc3ncn(C(c4ccccc4)(c4ccccc4)c4ccccc4)c3C2)cc1. The number of aromatic nitrogens is 2. The Labute approximate surface area is 265 Å². The molecular weight excluding hydrogens is 555 g/mol. The van der Waals surface area contributed by atoms with Gasteiger partial charge in [-0.2, -0.15) is 0 Å². The molecule has 0 saturated heterocycles. The van der Waals surface area contributed by atoms with Gasteiger partial charge >= 0.3 is 0 Å². The minimum absolute atomic E-state index is 0.208. The third-order valence-electron chi connectivity index (χ3n) is 9.20. The van der Waals surface area contributed by atoms with Gasteiger partial charge in [-0.05, 0) is 77.1 Å². The van der Waals surface area contributed by atoms with Crippen molar-refractivity contribution in [3.63, 3.8) is 0 Å². The summed E-state index contributed by atoms with van der Waals surface area (Å²) in [5, 5.41) is 0. The Hall–Kier alpha value is -4.80. The molecule has 0 aliphatic heterocycles. The van der Waals surface area contributed by atoms with E-state index in [9.17, 15) is 4.39 Å². The van der Waals surface area contributed by atoms with Crippen molar-refractivity contribution < 1.29 is 9.13 Å². The third-order valence-corrected chi connectivity index (χ3v) is 9.20. The van der Waals surface area contributed by atoms with E-state index in [1.54, 1.807) is 0 Å². The van der Waals surface area contributed by atoms with Gasteiger partial charge in [-0.15, -0.1) is 0 Å². The van der Waals surface area contributed by atoms with Crippen molar-refractivity contribution in [3.8, 4) is 0 Å². The minimum Gasteiger partial charge on any atom is -0.376 e. The van der Waals surface area contributed by atoms with E-state index in [-0.39, 0.29) is 5.82 Å². The van der Waals surface area contributed by atoms with E-state index in [2.05, 4.69) is 126 Å². The molecule has 6 aromatic rings. The van der Waals surface area contributed by atoms with Crippen LogP contribution >= 0.6 is 0 Å². The van der Waals surface area contributed by atoms with Gasteiger partial charge in [-0.3, -0.25) is 0 Å². The zero-order valence-electron chi connectivity index (χ0n) is 25.4. The van der Waals surface area contributed by atoms with E-state index >= 15 is 0 Å². The maximum atomic E-state index is 13.4. The monoisotopic (exact) mass is 592 g/mol. The highest BCUT2D eigenvalue weighted by molar-refractivity contribution is 5.51. The molecule has 1 aromatic heterocycles. The van der Waals surface area contributed by atoms with Gasteiger partial charge < -0.3 is 9.30 Å². The fourth-order valence-corrected chi connectivity index (χ4v) is 6.97. The molecule has 1 unspecified atom stereocenters. The molecule has 0 N–H and O–H groups in total. The van der Waals surface area contributed by atoms with Crippen molar-refractivity contribution in [2.75, 3.05) is 6.61 Å². The molecule has 0 saturated carbocycles. The highest BCUT2D eigenvalue weighted by atomic mass is 19.1. The van der Waals surface area contributed by atoms with Crippen LogP contribution in [-0.4, -0.2) is 16.2 Å². The maximum Gasteiger partial charge on any atom is 0.123 e. The molecule has 0 bridgehead atoms. The maximum absolute atomic E-state index is 13.4. The molecule has 0 radical (unpaired) electrons. The Kier molecular flexibility index (Phi) is 8.39. The predicted octanol–water partition coefficient (Wildman–Crippen LogP) is 8.77. The first-order chi connectivity index (χ1) is 22.2. The Morgan fingerprint density at radius 3 is 1.84 bits per heavy atom. The number of halogens is 1. The number of hydrogen-bond donors (Lipinski definition) is 0. The van der Waals surface area contributed by atoms with E-state index < -0.39 is 5.54 Å². The van der Waals surface area contributed by atoms with Crippen LogP contribution in [0.5, 0.6) is 0 Å². The number of hydrogen-bond acceptors (Lipinski definition) is 2. The number of ether oxygens (including phenoxy) is 1. The van der Waals surface area contributed by atoms with Crippen LogP contribution in [0.3, 0.4) is 0 Å². The van der Waals surface area contributed by atoms with E-state index in [4.69, 9.17) is 9.72 Å². The van der Waals surface area contributed by atoms with Gasteiger partial charge in [0, 0.05) is 5.69 Å². The molecule has 3 nitrogen and oxygen atoms in total. The lowest BCUT2D eigenvalue weighted by Crippen LogP contribution is -2.39. The highest BCUT2D eigenvalue weighted by Gasteiger charge is 2.41. The van der Waals surface area contributed by atoms with Gasteiger partial charge in [0.15, 0.2) is 0 Å². The lowest BCUT2D eigenvalue weighted by molar-refractivity contribution is 0.0809. The van der Waals surface area contributed by atoms with Gasteiger partial charge in [-0.1, -0.05) is 127 Å². The van der Waals surface area contributed by atoms with Crippen LogP contribution in [0.2, 0.25) is 0 Å². The topological polar surface area (TPSA) is 27.1 Å². The average Bonchev–Trinajstić information content (AvgIpc) is 3.52. The fraction of sp³-hybridized carbons (Fsp3) is 0.195. The number of benzene rings is 5. The molecule has 45 heavy (non-hydrogen) atoms. The van der Waals surface area contributed by atoms with Gasteiger partial charge in [-0.25, -0.2) is 9.37 Å². The summed E-state index contributed by atoms with van der Waals surface area (Å²) in [6, 6.07) is 47.6. The van der Waals surface area contributed by atoms with Crippen molar-refractivity contribution in [2.45, 2.75) is 37.8 Å². The first-order valence-corrected chi connectivity index (χ1v) is 15.8. The van der Waals surface area contributed by atoms with Crippen LogP contribution in [0.1, 0.15) is 51.2 Å². The number of imidazole rings is 1. The summed E-state index contributed by atoms with van der Waals surface area (Å²) in [5.41, 5.74) is 9.01. The summed E-state index contributed by atoms with van der Waals surface area (Å²) < 4.78 is 22.3. The molecule has 224 valence electrons. The van der Waals surface area contributed by atoms with Crippen LogP contribution in [0.15, 0.2) is 146 Å². The van der Waals surface area contributed by atoms with E-state index in [0.29, 0.717) is 19.1 Å². The average molecular weight is 593 g/mol. The van der Waals surface area contributed by atoms with Crippen LogP contribution in [-0.2, 0) is 36.1 Å². The first kappa shape index (κ1) is 28.9. The summed E-state index contributed by atoms with van der Waals surface area (Å²) in [5.74, 6) is 0.179. The van der Waals surface area contributed by atoms with Crippen molar-refractivity contribution in [2.24, 2.45) is 5.92 Å². The number of nitrogens with zero attached hydrogens (tertiary/aromatic N) is 2. The first-order valence-electron chi connectivity index (χ1n) is 15.8. The van der Waals surface area contributed by atoms with E-state index in [1.807, 2.05) is 12.1 Å². The van der Waals surface area contributed by atoms with Crippen molar-refractivity contribution in [1.82, 2.24) is 9.55 Å². The second kappa shape index (κ2) is 13.1. The normalized spacial score (nSPS) is 14.6. The zero-order chi connectivity index (χ0) is 30.5. The summed E-state index contributed by atoms with van der Waals surface area (Å²) in [4.78, 5) is 5.02. The van der Waals surface area contributed by atoms with Crippen molar-refractivity contribution >= 4 is 0 Å². The zero-order valence-corrected chi connectivity index (χ0v) is 25.4. The molecule has 1 heterocycles. The molecule has 5 aromatic carbocycles. The Morgan fingerprint density at radius 1 is 0.689 bits per heavy atom. The van der Waals surface area contributed by atoms with Crippen LogP contribution in [0, 0.1) is 11.7 Å². The predicted molar refractivity (Wildman–Crippen MR) is 178 cm³/mol. The Bertz CT molecular complexity index is 1740. The molecule has 4 heteroatoms. The molecule has 0 spiro atoms. The van der Waals surface area contributed by atoms with Crippen LogP contribution in [0.25, 0.3) is 0 Å². The molecule has 0 fully saturated rings. The van der Waals surface area contributed by atoms with Crippen molar-refractivity contribution in [1.29, 1.82) is 0 Å². The lowest BCUT2D eigenvalue weighted by atomic mass is 9.76. The number of fused-ring (bicyclic) bond motifs is 1. The summed E-state index contributed by atoms with van der Waals surface area (Å²) in [6.45, 7) is 1.24. The molecule has 7 rings (SSSR count). The van der Waals surface area contributed by atoms with E-state index in [1.165, 1.54) is 51.3 Å². The summed E-state index contributed by atoms with van der Waals surface area (Å²) in [7, 11) is 0. The smallest absolute Gasteiger partial charge is 0.123 e. The van der Waals surface area contributed by atoms with Gasteiger partial charge in [0.2, 0.25) is 0 Å². The molecule has 1 aliphatic rings. The Morgan fingerprint density at radius 2 is 1.24 bits per heavy atom. The molecule has 1 atom stereocenters. The van der Waals surface area contributed by atoms with E-state index in [0.717, 1.165) is 31.2 Å². The quantitative estimate of drug-likeness (QED) is 0.149. The minimum atomic E-state index is -0.563.